The maximum absolute atomic E-state index is 11.7. The summed E-state index contributed by atoms with van der Waals surface area (Å²) < 4.78 is 0. The minimum atomic E-state index is -0.111. The second kappa shape index (κ2) is 9.79. The van der Waals surface area contributed by atoms with Crippen LogP contribution >= 0.6 is 11.8 Å². The van der Waals surface area contributed by atoms with Gasteiger partial charge in [-0.3, -0.25) is 0 Å². The number of nitrogens with zero attached hydrogens (tertiary/aromatic N) is 1. The average molecular weight is 329 g/mol. The average Bonchev–Trinajstić information content (AvgIpc) is 2.60. The summed E-state index contributed by atoms with van der Waals surface area (Å²) >= 11 is 1.74. The van der Waals surface area contributed by atoms with Gasteiger partial charge in [-0.1, -0.05) is 36.4 Å². The van der Waals surface area contributed by atoms with Gasteiger partial charge in [0.25, 0.3) is 0 Å². The van der Waals surface area contributed by atoms with Gasteiger partial charge in [0, 0.05) is 43.0 Å². The third-order valence-electron chi connectivity index (χ3n) is 3.33. The van der Waals surface area contributed by atoms with Crippen molar-refractivity contribution in [1.82, 2.24) is 10.6 Å². The van der Waals surface area contributed by atoms with Crippen molar-refractivity contribution in [2.75, 3.05) is 37.3 Å². The number of rotatable bonds is 8. The third kappa shape index (κ3) is 6.65. The number of likely N-dealkylation sites (N-methyl/N-ethyl adjacent to an activating group) is 1. The molecule has 23 heavy (non-hydrogen) atoms. The van der Waals surface area contributed by atoms with Crippen LogP contribution in [0.1, 0.15) is 0 Å². The normalized spacial score (nSPS) is 10.1. The molecule has 0 atom stereocenters. The Bertz CT molecular complexity index is 577. The molecular weight excluding hydrogens is 306 g/mol. The first kappa shape index (κ1) is 17.2. The molecule has 2 rings (SSSR count). The molecule has 0 saturated heterocycles. The first-order chi connectivity index (χ1) is 11.3. The van der Waals surface area contributed by atoms with Crippen LogP contribution in [0.2, 0.25) is 0 Å². The number of carbonyl (C=O) groups is 1. The predicted molar refractivity (Wildman–Crippen MR) is 98.3 cm³/mol. The SMILES string of the molecule is CN(CCNC(=O)NCCSc1ccccc1)c1ccccc1. The van der Waals surface area contributed by atoms with Crippen LogP contribution in [0.3, 0.4) is 0 Å². The number of hydrogen-bond acceptors (Lipinski definition) is 3. The Labute approximate surface area is 142 Å². The van der Waals surface area contributed by atoms with E-state index in [4.69, 9.17) is 0 Å². The molecule has 0 fully saturated rings. The van der Waals surface area contributed by atoms with E-state index in [0.717, 1.165) is 18.0 Å². The fourth-order valence-corrected chi connectivity index (χ4v) is 2.85. The lowest BCUT2D eigenvalue weighted by atomic mass is 10.3. The van der Waals surface area contributed by atoms with Crippen molar-refractivity contribution in [3.63, 3.8) is 0 Å². The highest BCUT2D eigenvalue weighted by Gasteiger charge is 2.02. The maximum Gasteiger partial charge on any atom is 0.314 e. The largest absolute Gasteiger partial charge is 0.373 e. The standard InChI is InChI=1S/C18H23N3OS/c1-21(16-8-4-2-5-9-16)14-12-19-18(22)20-13-15-23-17-10-6-3-7-11-17/h2-11H,12-15H2,1H3,(H2,19,20,22). The van der Waals surface area contributed by atoms with Crippen LogP contribution in [0.25, 0.3) is 0 Å². The summed E-state index contributed by atoms with van der Waals surface area (Å²) in [6.45, 7) is 2.04. The van der Waals surface area contributed by atoms with E-state index in [2.05, 4.69) is 39.8 Å². The molecule has 2 amide bonds. The number of hydrogen-bond donors (Lipinski definition) is 2. The third-order valence-corrected chi connectivity index (χ3v) is 4.34. The summed E-state index contributed by atoms with van der Waals surface area (Å²) in [4.78, 5) is 15.1. The number of amides is 2. The number of anilines is 1. The Kier molecular flexibility index (Phi) is 7.33. The second-order valence-electron chi connectivity index (χ2n) is 5.10. The van der Waals surface area contributed by atoms with Crippen molar-refractivity contribution in [1.29, 1.82) is 0 Å². The van der Waals surface area contributed by atoms with Crippen LogP contribution in [0.15, 0.2) is 65.6 Å². The lowest BCUT2D eigenvalue weighted by Gasteiger charge is -2.19. The molecular formula is C18H23N3OS. The smallest absolute Gasteiger partial charge is 0.314 e. The maximum atomic E-state index is 11.7. The molecule has 0 aliphatic heterocycles. The van der Waals surface area contributed by atoms with E-state index in [0.29, 0.717) is 13.1 Å². The first-order valence-electron chi connectivity index (χ1n) is 7.71. The molecule has 2 N–H and O–H groups in total. The Hall–Kier alpha value is -2.14. The molecule has 0 aliphatic carbocycles. The minimum Gasteiger partial charge on any atom is -0.373 e. The molecule has 2 aromatic rings. The van der Waals surface area contributed by atoms with E-state index in [9.17, 15) is 4.79 Å². The Morgan fingerprint density at radius 2 is 1.57 bits per heavy atom. The molecule has 0 saturated carbocycles. The quantitative estimate of drug-likeness (QED) is 0.577. The van der Waals surface area contributed by atoms with Gasteiger partial charge in [0.1, 0.15) is 0 Å². The number of nitrogens with one attached hydrogen (secondary N) is 2. The number of thioether (sulfide) groups is 1. The van der Waals surface area contributed by atoms with E-state index in [1.165, 1.54) is 4.90 Å². The molecule has 0 aromatic heterocycles. The number of para-hydroxylation sites is 1. The molecule has 2 aromatic carbocycles. The van der Waals surface area contributed by atoms with Crippen molar-refractivity contribution in [2.45, 2.75) is 4.90 Å². The van der Waals surface area contributed by atoms with E-state index >= 15 is 0 Å². The van der Waals surface area contributed by atoms with Crippen molar-refractivity contribution in [3.8, 4) is 0 Å². The van der Waals surface area contributed by atoms with Gasteiger partial charge in [0.05, 0.1) is 0 Å². The molecule has 5 heteroatoms. The molecule has 0 radical (unpaired) electrons. The van der Waals surface area contributed by atoms with Gasteiger partial charge < -0.3 is 15.5 Å². The fourth-order valence-electron chi connectivity index (χ4n) is 2.06. The van der Waals surface area contributed by atoms with Crippen LogP contribution in [0, 0.1) is 0 Å². The minimum absolute atomic E-state index is 0.111. The van der Waals surface area contributed by atoms with Crippen molar-refractivity contribution in [3.05, 3.63) is 60.7 Å². The lowest BCUT2D eigenvalue weighted by molar-refractivity contribution is 0.242. The summed E-state index contributed by atoms with van der Waals surface area (Å²) in [7, 11) is 2.02. The Balaban J connectivity index is 1.55. The van der Waals surface area contributed by atoms with E-state index in [1.54, 1.807) is 11.8 Å². The first-order valence-corrected chi connectivity index (χ1v) is 8.70. The number of benzene rings is 2. The zero-order valence-corrected chi connectivity index (χ0v) is 14.2. The molecule has 0 heterocycles. The molecule has 4 nitrogen and oxygen atoms in total. The van der Waals surface area contributed by atoms with Crippen LogP contribution < -0.4 is 15.5 Å². The van der Waals surface area contributed by atoms with Crippen molar-refractivity contribution in [2.24, 2.45) is 0 Å². The molecule has 122 valence electrons. The predicted octanol–water partition coefficient (Wildman–Crippen LogP) is 3.21. The van der Waals surface area contributed by atoms with Gasteiger partial charge in [-0.15, -0.1) is 11.8 Å². The van der Waals surface area contributed by atoms with E-state index < -0.39 is 0 Å². The lowest BCUT2D eigenvalue weighted by Crippen LogP contribution is -2.40. The van der Waals surface area contributed by atoms with Crippen LogP contribution in [-0.2, 0) is 0 Å². The highest BCUT2D eigenvalue weighted by Crippen LogP contribution is 2.15. The molecule has 0 spiro atoms. The van der Waals surface area contributed by atoms with Gasteiger partial charge >= 0.3 is 6.03 Å². The van der Waals surface area contributed by atoms with E-state index in [1.807, 2.05) is 43.4 Å². The van der Waals surface area contributed by atoms with Gasteiger partial charge in [-0.2, -0.15) is 0 Å². The Morgan fingerprint density at radius 3 is 2.26 bits per heavy atom. The summed E-state index contributed by atoms with van der Waals surface area (Å²) in [6.07, 6.45) is 0. The zero-order chi connectivity index (χ0) is 16.3. The fraction of sp³-hybridized carbons (Fsp3) is 0.278. The molecule has 0 unspecified atom stereocenters. The van der Waals surface area contributed by atoms with Gasteiger partial charge in [-0.25, -0.2) is 4.79 Å². The summed E-state index contributed by atoms with van der Waals surface area (Å²) in [5, 5.41) is 5.76. The summed E-state index contributed by atoms with van der Waals surface area (Å²) in [6, 6.07) is 20.2. The summed E-state index contributed by atoms with van der Waals surface area (Å²) in [5.41, 5.74) is 1.15. The van der Waals surface area contributed by atoms with Gasteiger partial charge in [0.2, 0.25) is 0 Å². The highest BCUT2D eigenvalue weighted by atomic mass is 32.2. The molecule has 0 aliphatic rings. The second-order valence-corrected chi connectivity index (χ2v) is 6.27. The monoisotopic (exact) mass is 329 g/mol. The van der Waals surface area contributed by atoms with Gasteiger partial charge in [-0.05, 0) is 24.3 Å². The number of urea groups is 1. The summed E-state index contributed by atoms with van der Waals surface area (Å²) in [5.74, 6) is 0.862. The topological polar surface area (TPSA) is 44.4 Å². The van der Waals surface area contributed by atoms with Crippen molar-refractivity contribution < 1.29 is 4.79 Å². The highest BCUT2D eigenvalue weighted by molar-refractivity contribution is 7.99. The molecule has 0 bridgehead atoms. The number of carbonyl (C=O) groups excluding carboxylic acids is 1. The van der Waals surface area contributed by atoms with Gasteiger partial charge in [0.15, 0.2) is 0 Å². The van der Waals surface area contributed by atoms with Crippen molar-refractivity contribution >= 4 is 23.5 Å². The van der Waals surface area contributed by atoms with Crippen LogP contribution in [0.5, 0.6) is 0 Å². The zero-order valence-electron chi connectivity index (χ0n) is 13.4. The van der Waals surface area contributed by atoms with Crippen LogP contribution in [0.4, 0.5) is 10.5 Å². The van der Waals surface area contributed by atoms with E-state index in [-0.39, 0.29) is 6.03 Å². The van der Waals surface area contributed by atoms with Crippen LogP contribution in [-0.4, -0.2) is 38.5 Å². The Morgan fingerprint density at radius 1 is 0.957 bits per heavy atom.